The van der Waals surface area contributed by atoms with Crippen LogP contribution in [-0.2, 0) is 11.2 Å². The molecule has 1 aromatic rings. The summed E-state index contributed by atoms with van der Waals surface area (Å²) < 4.78 is 0. The number of aryl methyl sites for hydroxylation is 1. The van der Waals surface area contributed by atoms with E-state index in [1.54, 1.807) is 0 Å². The van der Waals surface area contributed by atoms with E-state index in [4.69, 9.17) is 5.73 Å². The van der Waals surface area contributed by atoms with Gasteiger partial charge >= 0.3 is 0 Å². The molecule has 1 unspecified atom stereocenters. The molecule has 3 N–H and O–H groups in total. The van der Waals surface area contributed by atoms with E-state index < -0.39 is 0 Å². The fourth-order valence-corrected chi connectivity index (χ4v) is 1.55. The quantitative estimate of drug-likeness (QED) is 0.774. The van der Waals surface area contributed by atoms with Gasteiger partial charge in [0.05, 0.1) is 5.92 Å². The van der Waals surface area contributed by atoms with Gasteiger partial charge in [-0.25, -0.2) is 0 Å². The van der Waals surface area contributed by atoms with Gasteiger partial charge in [-0.2, -0.15) is 0 Å². The van der Waals surface area contributed by atoms with Crippen LogP contribution < -0.4 is 11.1 Å². The summed E-state index contributed by atoms with van der Waals surface area (Å²) >= 11 is 0. The highest BCUT2D eigenvalue weighted by atomic mass is 16.1. The molecule has 17 heavy (non-hydrogen) atoms. The number of carbonyl (C=O) groups excluding carboxylic acids is 1. The van der Waals surface area contributed by atoms with Crippen LogP contribution in [-0.4, -0.2) is 24.0 Å². The molecule has 4 heteroatoms. The first-order valence-electron chi connectivity index (χ1n) is 6.06. The average molecular weight is 235 g/mol. The minimum Gasteiger partial charge on any atom is -0.356 e. The number of nitrogens with two attached hydrogens (primary N) is 1. The number of carbonyl (C=O) groups is 1. The Morgan fingerprint density at radius 2 is 2.29 bits per heavy atom. The molecular formula is C13H21N3O. The third-order valence-electron chi connectivity index (χ3n) is 2.63. The topological polar surface area (TPSA) is 68.0 Å². The maximum atomic E-state index is 11.8. The van der Waals surface area contributed by atoms with E-state index in [2.05, 4.69) is 10.3 Å². The number of pyridine rings is 1. The minimum absolute atomic E-state index is 0.0247. The van der Waals surface area contributed by atoms with Crippen molar-refractivity contribution in [3.8, 4) is 0 Å². The van der Waals surface area contributed by atoms with E-state index in [1.807, 2.05) is 32.2 Å². The molecule has 4 nitrogen and oxygen atoms in total. The lowest BCUT2D eigenvalue weighted by Gasteiger charge is -2.14. The van der Waals surface area contributed by atoms with Crippen LogP contribution in [0.2, 0.25) is 0 Å². The molecule has 0 aromatic carbocycles. The SMILES string of the molecule is CCCNC(=O)C(CN)Cc1ccc(C)cn1. The van der Waals surface area contributed by atoms with Crippen molar-refractivity contribution >= 4 is 5.91 Å². The fraction of sp³-hybridized carbons (Fsp3) is 0.538. The van der Waals surface area contributed by atoms with E-state index in [1.165, 1.54) is 0 Å². The predicted molar refractivity (Wildman–Crippen MR) is 68.5 cm³/mol. The molecule has 0 saturated carbocycles. The summed E-state index contributed by atoms with van der Waals surface area (Å²) in [6.07, 6.45) is 3.35. The van der Waals surface area contributed by atoms with Crippen molar-refractivity contribution in [2.75, 3.05) is 13.1 Å². The second-order valence-corrected chi connectivity index (χ2v) is 4.25. The Labute approximate surface area is 103 Å². The molecule has 0 fully saturated rings. The van der Waals surface area contributed by atoms with Gasteiger partial charge in [-0.05, 0) is 25.0 Å². The Morgan fingerprint density at radius 1 is 1.53 bits per heavy atom. The second kappa shape index (κ2) is 7.01. The zero-order chi connectivity index (χ0) is 12.7. The molecule has 0 aliphatic rings. The zero-order valence-electron chi connectivity index (χ0n) is 10.6. The molecule has 0 spiro atoms. The Hall–Kier alpha value is -1.42. The van der Waals surface area contributed by atoms with Crippen LogP contribution >= 0.6 is 0 Å². The monoisotopic (exact) mass is 235 g/mol. The maximum absolute atomic E-state index is 11.8. The number of nitrogens with zero attached hydrogens (tertiary/aromatic N) is 1. The largest absolute Gasteiger partial charge is 0.356 e. The number of hydrogen-bond donors (Lipinski definition) is 2. The van der Waals surface area contributed by atoms with Gasteiger partial charge in [0.25, 0.3) is 0 Å². The lowest BCUT2D eigenvalue weighted by molar-refractivity contribution is -0.124. The normalized spacial score (nSPS) is 12.2. The number of aromatic nitrogens is 1. The van der Waals surface area contributed by atoms with Crippen LogP contribution in [0.25, 0.3) is 0 Å². The van der Waals surface area contributed by atoms with Gasteiger partial charge in [0, 0.05) is 31.4 Å². The third kappa shape index (κ3) is 4.53. The van der Waals surface area contributed by atoms with Crippen LogP contribution in [0.4, 0.5) is 0 Å². The van der Waals surface area contributed by atoms with E-state index in [9.17, 15) is 4.79 Å². The summed E-state index contributed by atoms with van der Waals surface area (Å²) in [6.45, 7) is 5.08. The first-order chi connectivity index (χ1) is 8.17. The maximum Gasteiger partial charge on any atom is 0.224 e. The summed E-state index contributed by atoms with van der Waals surface area (Å²) in [5, 5.41) is 2.87. The molecule has 0 aliphatic carbocycles. The highest BCUT2D eigenvalue weighted by molar-refractivity contribution is 5.79. The van der Waals surface area contributed by atoms with Gasteiger partial charge in [-0.1, -0.05) is 13.0 Å². The lowest BCUT2D eigenvalue weighted by atomic mass is 10.0. The number of rotatable bonds is 6. The van der Waals surface area contributed by atoms with Crippen molar-refractivity contribution in [2.45, 2.75) is 26.7 Å². The first kappa shape index (κ1) is 13.6. The van der Waals surface area contributed by atoms with E-state index >= 15 is 0 Å². The van der Waals surface area contributed by atoms with Gasteiger partial charge in [0.1, 0.15) is 0 Å². The first-order valence-corrected chi connectivity index (χ1v) is 6.06. The van der Waals surface area contributed by atoms with E-state index in [0.717, 1.165) is 17.7 Å². The molecule has 0 radical (unpaired) electrons. The molecule has 1 heterocycles. The van der Waals surface area contributed by atoms with Crippen molar-refractivity contribution in [1.82, 2.24) is 10.3 Å². The highest BCUT2D eigenvalue weighted by Gasteiger charge is 2.17. The standard InChI is InChI=1S/C13H21N3O/c1-3-6-15-13(17)11(8-14)7-12-5-4-10(2)9-16-12/h4-5,9,11H,3,6-8,14H2,1-2H3,(H,15,17). The van der Waals surface area contributed by atoms with Crippen LogP contribution in [0, 0.1) is 12.8 Å². The second-order valence-electron chi connectivity index (χ2n) is 4.25. The molecule has 94 valence electrons. The summed E-state index contributed by atoms with van der Waals surface area (Å²) in [6, 6.07) is 3.95. The molecule has 1 rings (SSSR count). The van der Waals surface area contributed by atoms with Crippen LogP contribution in [0.5, 0.6) is 0 Å². The zero-order valence-corrected chi connectivity index (χ0v) is 10.6. The third-order valence-corrected chi connectivity index (χ3v) is 2.63. The molecule has 0 saturated heterocycles. The van der Waals surface area contributed by atoms with Crippen LogP contribution in [0.15, 0.2) is 18.3 Å². The number of amides is 1. The molecular weight excluding hydrogens is 214 g/mol. The molecule has 1 amide bonds. The summed E-state index contributed by atoms with van der Waals surface area (Å²) in [5.41, 5.74) is 7.67. The Balaban J connectivity index is 2.57. The van der Waals surface area contributed by atoms with Crippen molar-refractivity contribution in [3.05, 3.63) is 29.6 Å². The molecule has 1 aromatic heterocycles. The molecule has 1 atom stereocenters. The van der Waals surface area contributed by atoms with Crippen molar-refractivity contribution in [3.63, 3.8) is 0 Å². The molecule has 0 bridgehead atoms. The van der Waals surface area contributed by atoms with Crippen molar-refractivity contribution in [2.24, 2.45) is 11.7 Å². The summed E-state index contributed by atoms with van der Waals surface area (Å²) in [5.74, 6) is -0.159. The molecule has 0 aliphatic heterocycles. The van der Waals surface area contributed by atoms with Gasteiger partial charge < -0.3 is 11.1 Å². The van der Waals surface area contributed by atoms with E-state index in [-0.39, 0.29) is 11.8 Å². The average Bonchev–Trinajstić information content (AvgIpc) is 2.35. The Kier molecular flexibility index (Phi) is 5.63. The minimum atomic E-state index is -0.184. The van der Waals surface area contributed by atoms with Crippen molar-refractivity contribution < 1.29 is 4.79 Å². The Bertz CT molecular complexity index is 348. The summed E-state index contributed by atoms with van der Waals surface area (Å²) in [7, 11) is 0. The van der Waals surface area contributed by atoms with Crippen LogP contribution in [0.3, 0.4) is 0 Å². The van der Waals surface area contributed by atoms with Gasteiger partial charge in [0.2, 0.25) is 5.91 Å². The lowest BCUT2D eigenvalue weighted by Crippen LogP contribution is -2.36. The smallest absolute Gasteiger partial charge is 0.224 e. The summed E-state index contributed by atoms with van der Waals surface area (Å²) in [4.78, 5) is 16.1. The van der Waals surface area contributed by atoms with Gasteiger partial charge in [0.15, 0.2) is 0 Å². The number of nitrogens with one attached hydrogen (secondary N) is 1. The number of hydrogen-bond acceptors (Lipinski definition) is 3. The van der Waals surface area contributed by atoms with E-state index in [0.29, 0.717) is 19.5 Å². The Morgan fingerprint density at radius 3 is 2.82 bits per heavy atom. The van der Waals surface area contributed by atoms with Gasteiger partial charge in [-0.3, -0.25) is 9.78 Å². The van der Waals surface area contributed by atoms with Gasteiger partial charge in [-0.15, -0.1) is 0 Å². The van der Waals surface area contributed by atoms with Crippen molar-refractivity contribution in [1.29, 1.82) is 0 Å². The predicted octanol–water partition coefficient (Wildman–Crippen LogP) is 1.03. The fourth-order valence-electron chi connectivity index (χ4n) is 1.55. The van der Waals surface area contributed by atoms with Crippen LogP contribution in [0.1, 0.15) is 24.6 Å². The highest BCUT2D eigenvalue weighted by Crippen LogP contribution is 2.07.